The lowest BCUT2D eigenvalue weighted by atomic mass is 9.91. The molecule has 328 valence electrons. The number of phenols is 1. The average molecular weight is 897 g/mol. The minimum absolute atomic E-state index is 0.0622. The summed E-state index contributed by atoms with van der Waals surface area (Å²) in [6, 6.07) is 45.0. The van der Waals surface area contributed by atoms with E-state index in [1.54, 1.807) is 41.1 Å². The van der Waals surface area contributed by atoms with Crippen molar-refractivity contribution in [1.82, 2.24) is 30.2 Å². The highest BCUT2D eigenvalue weighted by molar-refractivity contribution is 7.99. The molecule has 8 rings (SSSR count). The van der Waals surface area contributed by atoms with Gasteiger partial charge in [-0.15, -0.1) is 5.10 Å². The number of aromatic nitrogens is 4. The summed E-state index contributed by atoms with van der Waals surface area (Å²) in [6.07, 6.45) is -1.20. The first-order valence-corrected chi connectivity index (χ1v) is 23.3. The lowest BCUT2D eigenvalue weighted by molar-refractivity contribution is -0.268. The van der Waals surface area contributed by atoms with Crippen molar-refractivity contribution in [2.24, 2.45) is 5.92 Å². The van der Waals surface area contributed by atoms with E-state index in [1.165, 1.54) is 23.9 Å². The molecule has 15 heteroatoms. The van der Waals surface area contributed by atoms with Gasteiger partial charge in [0.15, 0.2) is 6.29 Å². The highest BCUT2D eigenvalue weighted by atomic mass is 32.2. The summed E-state index contributed by atoms with van der Waals surface area (Å²) in [5, 5.41) is 35.4. The van der Waals surface area contributed by atoms with E-state index < -0.39 is 28.3 Å². The number of aryl methyl sites for hydroxylation is 1. The molecule has 1 fully saturated rings. The van der Waals surface area contributed by atoms with Gasteiger partial charge in [-0.2, -0.15) is 9.40 Å². The van der Waals surface area contributed by atoms with Crippen LogP contribution in [0, 0.1) is 12.8 Å². The zero-order valence-corrected chi connectivity index (χ0v) is 36.8. The summed E-state index contributed by atoms with van der Waals surface area (Å²) in [4.78, 5) is 13.9. The zero-order chi connectivity index (χ0) is 44.6. The van der Waals surface area contributed by atoms with E-state index in [2.05, 4.69) is 32.5 Å². The number of amides is 1. The summed E-state index contributed by atoms with van der Waals surface area (Å²) in [6.45, 7) is 4.08. The summed E-state index contributed by atoms with van der Waals surface area (Å²) >= 11 is 1.46. The van der Waals surface area contributed by atoms with Crippen molar-refractivity contribution >= 4 is 27.7 Å². The third-order valence-electron chi connectivity index (χ3n) is 11.1. The van der Waals surface area contributed by atoms with Crippen molar-refractivity contribution in [3.63, 3.8) is 0 Å². The van der Waals surface area contributed by atoms with Crippen LogP contribution in [0.3, 0.4) is 0 Å². The van der Waals surface area contributed by atoms with E-state index in [0.29, 0.717) is 16.6 Å². The predicted molar refractivity (Wildman–Crippen MR) is 244 cm³/mol. The Kier molecular flexibility index (Phi) is 13.9. The molecule has 1 aliphatic rings. The Balaban J connectivity index is 0.996. The van der Waals surface area contributed by atoms with Crippen LogP contribution >= 0.6 is 11.8 Å². The lowest BCUT2D eigenvalue weighted by Gasteiger charge is -2.41. The highest BCUT2D eigenvalue weighted by Gasteiger charge is 2.39. The number of carbonyl (C=O) groups is 1. The van der Waals surface area contributed by atoms with E-state index in [0.717, 1.165) is 44.5 Å². The number of benzene rings is 6. The molecule has 1 saturated heterocycles. The monoisotopic (exact) mass is 896 g/mol. The van der Waals surface area contributed by atoms with Crippen LogP contribution in [0.25, 0.3) is 16.8 Å². The lowest BCUT2D eigenvalue weighted by Crippen LogP contribution is -2.47. The first-order valence-electron chi connectivity index (χ1n) is 20.8. The van der Waals surface area contributed by atoms with Crippen LogP contribution in [0.1, 0.15) is 52.7 Å². The van der Waals surface area contributed by atoms with E-state index in [-0.39, 0.29) is 48.3 Å². The van der Waals surface area contributed by atoms with Gasteiger partial charge < -0.3 is 25.0 Å². The van der Waals surface area contributed by atoms with E-state index >= 15 is 0 Å². The standard InChI is InChI=1S/C49H48N6O7S2/c1-32-14-24-43(25-15-32)64(59,60)52-44(27-34-8-4-3-5-9-34)47(58)50-29-36-10-6-11-38(26-36)39-12-7-13-40(28-39)48-61-45(33(2)46(62-48)37-18-16-35(30-56)17-19-37)31-63-49-51-53-54-55(49)41-20-22-42(57)23-21-41/h3-26,28,33,44-46,48,52,56-57H,27,29-31H2,1-2H3,(H,50,58)/t33-,44+,45+,46+,48+/m0/s1. The maximum atomic E-state index is 13.8. The molecule has 2 heterocycles. The number of hydrogen-bond donors (Lipinski definition) is 4. The Labute approximate surface area is 376 Å². The molecule has 5 atom stereocenters. The molecule has 0 aliphatic carbocycles. The number of hydrogen-bond acceptors (Lipinski definition) is 11. The number of nitrogens with one attached hydrogen (secondary N) is 2. The normalized spacial score (nSPS) is 18.0. The Hall–Kier alpha value is -6.20. The number of phenolic OH excluding ortho intramolecular Hbond substituents is 1. The second-order valence-corrected chi connectivity index (χ2v) is 18.4. The van der Waals surface area contributed by atoms with Crippen LogP contribution in [-0.2, 0) is 43.9 Å². The highest BCUT2D eigenvalue weighted by Crippen LogP contribution is 2.43. The van der Waals surface area contributed by atoms with Crippen LogP contribution < -0.4 is 10.0 Å². The molecule has 0 unspecified atom stereocenters. The van der Waals surface area contributed by atoms with Crippen LogP contribution in [-0.4, -0.2) is 62.6 Å². The number of ether oxygens (including phenoxy) is 2. The Morgan fingerprint density at radius 2 is 1.50 bits per heavy atom. The molecular weight excluding hydrogens is 849 g/mol. The summed E-state index contributed by atoms with van der Waals surface area (Å²) in [7, 11) is -3.99. The maximum absolute atomic E-state index is 13.8. The van der Waals surface area contributed by atoms with E-state index in [4.69, 9.17) is 9.47 Å². The fourth-order valence-electron chi connectivity index (χ4n) is 7.54. The Morgan fingerprint density at radius 3 is 2.23 bits per heavy atom. The summed E-state index contributed by atoms with van der Waals surface area (Å²) < 4.78 is 44.7. The van der Waals surface area contributed by atoms with Gasteiger partial charge in [0, 0.05) is 23.8 Å². The van der Waals surface area contributed by atoms with Crippen molar-refractivity contribution in [2.45, 2.75) is 68.0 Å². The Morgan fingerprint density at radius 1 is 0.797 bits per heavy atom. The molecule has 6 aromatic carbocycles. The third-order valence-corrected chi connectivity index (χ3v) is 13.6. The molecular formula is C49H48N6O7S2. The molecule has 64 heavy (non-hydrogen) atoms. The molecule has 0 spiro atoms. The number of carbonyl (C=O) groups excluding carboxylic acids is 1. The second-order valence-electron chi connectivity index (χ2n) is 15.7. The van der Waals surface area contributed by atoms with Gasteiger partial charge in [-0.05, 0) is 106 Å². The van der Waals surface area contributed by atoms with Crippen molar-refractivity contribution in [2.75, 3.05) is 5.75 Å². The van der Waals surface area contributed by atoms with Gasteiger partial charge >= 0.3 is 0 Å². The fraction of sp³-hybridized carbons (Fsp3) is 0.224. The molecule has 0 saturated carbocycles. The van der Waals surface area contributed by atoms with E-state index in [9.17, 15) is 23.4 Å². The molecule has 0 radical (unpaired) electrons. The summed E-state index contributed by atoms with van der Waals surface area (Å²) in [5.74, 6) is 0.130. The van der Waals surface area contributed by atoms with Crippen molar-refractivity contribution < 1.29 is 32.9 Å². The molecule has 1 aliphatic heterocycles. The largest absolute Gasteiger partial charge is 0.508 e. The van der Waals surface area contributed by atoms with Crippen molar-refractivity contribution in [3.05, 3.63) is 185 Å². The van der Waals surface area contributed by atoms with Crippen LogP contribution in [0.4, 0.5) is 0 Å². The number of nitrogens with zero attached hydrogens (tertiary/aromatic N) is 4. The first-order chi connectivity index (χ1) is 31.0. The SMILES string of the molecule is Cc1ccc(S(=O)(=O)N[C@H](Cc2ccccc2)C(=O)NCc2cccc(-c3cccc([C@@H]4O[C@H](CSc5nnnn5-c5ccc(O)cc5)[C@H](C)[C@H](c5ccc(CO)cc5)O4)c3)c2)cc1. The minimum Gasteiger partial charge on any atom is -0.508 e. The van der Waals surface area contributed by atoms with Crippen molar-refractivity contribution in [1.29, 1.82) is 0 Å². The number of tetrazole rings is 1. The number of aliphatic hydroxyl groups excluding tert-OH is 1. The number of thioether (sulfide) groups is 1. The molecule has 1 aromatic heterocycles. The molecule has 7 aromatic rings. The van der Waals surface area contributed by atoms with Crippen LogP contribution in [0.5, 0.6) is 5.75 Å². The number of aromatic hydroxyl groups is 1. The Bertz CT molecular complexity index is 2770. The molecule has 1 amide bonds. The molecule has 4 N–H and O–H groups in total. The smallest absolute Gasteiger partial charge is 0.241 e. The average Bonchev–Trinajstić information content (AvgIpc) is 3.80. The number of sulfonamides is 1. The van der Waals surface area contributed by atoms with Crippen LogP contribution in [0.2, 0.25) is 0 Å². The van der Waals surface area contributed by atoms with Gasteiger partial charge in [0.25, 0.3) is 0 Å². The van der Waals surface area contributed by atoms with Gasteiger partial charge in [-0.25, -0.2) is 8.42 Å². The fourth-order valence-corrected chi connectivity index (χ4v) is 9.79. The number of aliphatic hydroxyl groups is 1. The van der Waals surface area contributed by atoms with Gasteiger partial charge in [-0.1, -0.05) is 127 Å². The quantitative estimate of drug-likeness (QED) is 0.0702. The van der Waals surface area contributed by atoms with Gasteiger partial charge in [0.2, 0.25) is 21.1 Å². The molecule has 0 bridgehead atoms. The second kappa shape index (κ2) is 20.1. The first kappa shape index (κ1) is 44.4. The topological polar surface area (TPSA) is 178 Å². The van der Waals surface area contributed by atoms with Gasteiger partial charge in [0.1, 0.15) is 11.8 Å². The van der Waals surface area contributed by atoms with Gasteiger partial charge in [0.05, 0.1) is 29.4 Å². The van der Waals surface area contributed by atoms with Crippen molar-refractivity contribution in [3.8, 4) is 22.6 Å². The minimum atomic E-state index is -3.99. The summed E-state index contributed by atoms with van der Waals surface area (Å²) in [5.41, 5.74) is 7.68. The third kappa shape index (κ3) is 10.8. The predicted octanol–water partition coefficient (Wildman–Crippen LogP) is 7.63. The maximum Gasteiger partial charge on any atom is 0.241 e. The van der Waals surface area contributed by atoms with Gasteiger partial charge in [-0.3, -0.25) is 4.79 Å². The molecule has 13 nitrogen and oxygen atoms in total. The zero-order valence-electron chi connectivity index (χ0n) is 35.2. The van der Waals surface area contributed by atoms with E-state index in [1.807, 2.05) is 110 Å². The van der Waals surface area contributed by atoms with Crippen LogP contribution in [0.15, 0.2) is 162 Å². The number of rotatable bonds is 16.